The molecular weight excluding hydrogens is 304 g/mol. The minimum absolute atomic E-state index is 0.325. The highest BCUT2D eigenvalue weighted by Crippen LogP contribution is 2.30. The van der Waals surface area contributed by atoms with Gasteiger partial charge in [-0.1, -0.05) is 6.92 Å². The molecule has 0 radical (unpaired) electrons. The predicted octanol–water partition coefficient (Wildman–Crippen LogP) is 1.08. The summed E-state index contributed by atoms with van der Waals surface area (Å²) in [7, 11) is -3.38. The van der Waals surface area contributed by atoms with Gasteiger partial charge < -0.3 is 5.73 Å². The topological polar surface area (TPSA) is 97.8 Å². The maximum atomic E-state index is 12.0. The number of amides is 1. The highest BCUT2D eigenvalue weighted by molar-refractivity contribution is 7.88. The Hall–Kier alpha value is -1.93. The molecule has 22 heavy (non-hydrogen) atoms. The molecule has 0 saturated heterocycles. The molecule has 2 aromatic rings. The third kappa shape index (κ3) is 2.59. The van der Waals surface area contributed by atoms with Crippen LogP contribution in [0.25, 0.3) is 5.52 Å². The normalized spacial score (nSPS) is 13.7. The van der Waals surface area contributed by atoms with Crippen LogP contribution in [0.4, 0.5) is 0 Å². The van der Waals surface area contributed by atoms with E-state index in [4.69, 9.17) is 5.73 Å². The molecule has 7 nitrogen and oxygen atoms in total. The van der Waals surface area contributed by atoms with Crippen molar-refractivity contribution in [2.24, 2.45) is 5.73 Å². The summed E-state index contributed by atoms with van der Waals surface area (Å²) in [5.74, 6) is -0.552. The molecule has 1 atom stereocenters. The van der Waals surface area contributed by atoms with Gasteiger partial charge in [-0.15, -0.1) is 0 Å². The van der Waals surface area contributed by atoms with Crippen LogP contribution < -0.4 is 5.73 Å². The molecule has 0 bridgehead atoms. The van der Waals surface area contributed by atoms with Crippen molar-refractivity contribution in [1.29, 1.82) is 0 Å². The monoisotopic (exact) mass is 324 g/mol. The van der Waals surface area contributed by atoms with Crippen molar-refractivity contribution in [3.05, 3.63) is 35.2 Å². The maximum Gasteiger partial charge on any atom is 0.251 e. The number of primary amides is 1. The average molecular weight is 324 g/mol. The summed E-state index contributed by atoms with van der Waals surface area (Å²) in [6.07, 6.45) is 2.75. The van der Waals surface area contributed by atoms with Crippen molar-refractivity contribution < 1.29 is 13.2 Å². The Kier molecular flexibility index (Phi) is 4.25. The number of sulfonamides is 1. The summed E-state index contributed by atoms with van der Waals surface area (Å²) in [6.45, 7) is 5.63. The summed E-state index contributed by atoms with van der Waals surface area (Å²) in [4.78, 5) is 11.8. The number of hydrogen-bond acceptors (Lipinski definition) is 4. The number of aromatic nitrogens is 2. The lowest BCUT2D eigenvalue weighted by molar-refractivity contribution is 0.100. The summed E-state index contributed by atoms with van der Waals surface area (Å²) >= 11 is 0. The van der Waals surface area contributed by atoms with E-state index in [0.29, 0.717) is 28.9 Å². The molecule has 1 unspecified atom stereocenters. The van der Waals surface area contributed by atoms with Crippen LogP contribution in [-0.2, 0) is 10.0 Å². The minimum Gasteiger partial charge on any atom is -0.366 e. The number of rotatable bonds is 5. The van der Waals surface area contributed by atoms with E-state index in [-0.39, 0.29) is 0 Å². The summed E-state index contributed by atoms with van der Waals surface area (Å²) < 4.78 is 26.9. The van der Waals surface area contributed by atoms with E-state index in [2.05, 4.69) is 5.10 Å². The lowest BCUT2D eigenvalue weighted by Gasteiger charge is -2.25. The maximum absolute atomic E-state index is 12.0. The van der Waals surface area contributed by atoms with Crippen LogP contribution >= 0.6 is 0 Å². The van der Waals surface area contributed by atoms with E-state index in [9.17, 15) is 13.2 Å². The van der Waals surface area contributed by atoms with Crippen LogP contribution in [0.3, 0.4) is 0 Å². The molecule has 2 rings (SSSR count). The first-order chi connectivity index (χ1) is 10.2. The fourth-order valence-electron chi connectivity index (χ4n) is 2.97. The van der Waals surface area contributed by atoms with Gasteiger partial charge >= 0.3 is 0 Å². The Morgan fingerprint density at radius 3 is 2.64 bits per heavy atom. The molecule has 0 aliphatic carbocycles. The molecule has 0 aliphatic rings. The first-order valence-corrected chi connectivity index (χ1v) is 8.77. The van der Waals surface area contributed by atoms with E-state index in [1.54, 1.807) is 43.6 Å². The quantitative estimate of drug-likeness (QED) is 0.890. The Balaban J connectivity index is 2.76. The zero-order valence-corrected chi connectivity index (χ0v) is 13.9. The van der Waals surface area contributed by atoms with Gasteiger partial charge in [-0.25, -0.2) is 12.9 Å². The number of carbonyl (C=O) groups excluding carboxylic acids is 1. The standard InChI is InChI=1S/C14H20N4O3S/c1-5-17(22(4,20)21)10(3)13-9(2)12(14(15)19)11-7-6-8-16-18(11)13/h6-8,10H,5H2,1-4H3,(H2,15,19). The number of hydrogen-bond donors (Lipinski definition) is 1. The van der Waals surface area contributed by atoms with Gasteiger partial charge in [0.15, 0.2) is 0 Å². The summed E-state index contributed by atoms with van der Waals surface area (Å²) in [6, 6.07) is 2.99. The highest BCUT2D eigenvalue weighted by atomic mass is 32.2. The largest absolute Gasteiger partial charge is 0.366 e. The first-order valence-electron chi connectivity index (χ1n) is 6.93. The van der Waals surface area contributed by atoms with Crippen LogP contribution in [0.2, 0.25) is 0 Å². The lowest BCUT2D eigenvalue weighted by Crippen LogP contribution is -2.33. The molecule has 0 fully saturated rings. The molecular formula is C14H20N4O3S. The van der Waals surface area contributed by atoms with Gasteiger partial charge in [0, 0.05) is 12.7 Å². The van der Waals surface area contributed by atoms with Gasteiger partial charge in [0.25, 0.3) is 5.91 Å². The Morgan fingerprint density at radius 1 is 1.50 bits per heavy atom. The second-order valence-electron chi connectivity index (χ2n) is 5.21. The van der Waals surface area contributed by atoms with Crippen molar-refractivity contribution in [1.82, 2.24) is 13.9 Å². The molecule has 2 heterocycles. The van der Waals surface area contributed by atoms with Gasteiger partial charge in [-0.3, -0.25) is 4.79 Å². The van der Waals surface area contributed by atoms with Gasteiger partial charge in [0.1, 0.15) is 0 Å². The van der Waals surface area contributed by atoms with Crippen LogP contribution in [0, 0.1) is 6.92 Å². The van der Waals surface area contributed by atoms with Crippen LogP contribution in [0.1, 0.15) is 41.5 Å². The smallest absolute Gasteiger partial charge is 0.251 e. The molecule has 0 saturated carbocycles. The summed E-state index contributed by atoms with van der Waals surface area (Å²) in [5, 5.41) is 4.25. The van der Waals surface area contributed by atoms with E-state index in [1.165, 1.54) is 10.6 Å². The van der Waals surface area contributed by atoms with Crippen molar-refractivity contribution in [3.8, 4) is 0 Å². The third-order valence-corrected chi connectivity index (χ3v) is 5.23. The van der Waals surface area contributed by atoms with Gasteiger partial charge in [0.2, 0.25) is 10.0 Å². The van der Waals surface area contributed by atoms with Crippen LogP contribution in [0.5, 0.6) is 0 Å². The van der Waals surface area contributed by atoms with E-state index >= 15 is 0 Å². The van der Waals surface area contributed by atoms with Crippen molar-refractivity contribution in [2.45, 2.75) is 26.8 Å². The number of nitrogens with zero attached hydrogens (tertiary/aromatic N) is 3. The van der Waals surface area contributed by atoms with Gasteiger partial charge in [-0.05, 0) is 31.5 Å². The molecule has 0 aliphatic heterocycles. The molecule has 2 N–H and O–H groups in total. The number of nitrogens with two attached hydrogens (primary N) is 1. The highest BCUT2D eigenvalue weighted by Gasteiger charge is 2.29. The molecule has 120 valence electrons. The third-order valence-electron chi connectivity index (χ3n) is 3.81. The van der Waals surface area contributed by atoms with Crippen LogP contribution in [0.15, 0.2) is 18.3 Å². The van der Waals surface area contributed by atoms with Crippen LogP contribution in [-0.4, -0.2) is 41.0 Å². The SMILES string of the molecule is CCN(C(C)c1c(C)c(C(N)=O)c2cccnn12)S(C)(=O)=O. The van der Waals surface area contributed by atoms with E-state index in [1.807, 2.05) is 0 Å². The zero-order valence-electron chi connectivity index (χ0n) is 13.1. The van der Waals surface area contributed by atoms with Crippen molar-refractivity contribution >= 4 is 21.4 Å². The molecule has 2 aromatic heterocycles. The average Bonchev–Trinajstić information content (AvgIpc) is 2.69. The summed E-state index contributed by atoms with van der Waals surface area (Å²) in [5.41, 5.74) is 7.74. The zero-order chi connectivity index (χ0) is 16.7. The minimum atomic E-state index is -3.38. The second kappa shape index (κ2) is 5.69. The molecule has 0 aromatic carbocycles. The Morgan fingerprint density at radius 2 is 2.14 bits per heavy atom. The molecule has 8 heteroatoms. The van der Waals surface area contributed by atoms with Gasteiger partial charge in [0.05, 0.1) is 29.1 Å². The fraction of sp³-hybridized carbons (Fsp3) is 0.429. The molecule has 0 spiro atoms. The number of carbonyl (C=O) groups is 1. The number of fused-ring (bicyclic) bond motifs is 1. The van der Waals surface area contributed by atoms with Crippen molar-refractivity contribution in [2.75, 3.05) is 12.8 Å². The van der Waals surface area contributed by atoms with E-state index < -0.39 is 22.0 Å². The molecule has 1 amide bonds. The Labute approximate surface area is 129 Å². The van der Waals surface area contributed by atoms with Gasteiger partial charge in [-0.2, -0.15) is 9.40 Å². The van der Waals surface area contributed by atoms with Crippen molar-refractivity contribution in [3.63, 3.8) is 0 Å². The predicted molar refractivity (Wildman–Crippen MR) is 84.1 cm³/mol. The second-order valence-corrected chi connectivity index (χ2v) is 7.15. The van der Waals surface area contributed by atoms with E-state index in [0.717, 1.165) is 0 Å². The Bertz CT molecular complexity index is 826. The first kappa shape index (κ1) is 16.4. The lowest BCUT2D eigenvalue weighted by atomic mass is 10.1. The fourth-order valence-corrected chi connectivity index (χ4v) is 4.11.